The number of carbonyl (C=O) groups is 1. The highest BCUT2D eigenvalue weighted by molar-refractivity contribution is 5.85. The van der Waals surface area contributed by atoms with Gasteiger partial charge in [-0.15, -0.1) is 0 Å². The maximum absolute atomic E-state index is 14.0. The number of nitrogens with one attached hydrogen (secondary N) is 2. The molecule has 2 N–H and O–H groups in total. The lowest BCUT2D eigenvalue weighted by Gasteiger charge is -2.41. The molecule has 6 nitrogen and oxygen atoms in total. The van der Waals surface area contributed by atoms with Gasteiger partial charge >= 0.3 is 0 Å². The number of aromatic amines is 1. The van der Waals surface area contributed by atoms with Crippen LogP contribution in [0, 0.1) is 5.95 Å². The fourth-order valence-corrected chi connectivity index (χ4v) is 4.34. The van der Waals surface area contributed by atoms with E-state index in [4.69, 9.17) is 0 Å². The van der Waals surface area contributed by atoms with Crippen molar-refractivity contribution in [3.8, 4) is 0 Å². The van der Waals surface area contributed by atoms with Crippen molar-refractivity contribution in [2.24, 2.45) is 0 Å². The summed E-state index contributed by atoms with van der Waals surface area (Å²) in [7, 11) is 1.93. The Morgan fingerprint density at radius 3 is 2.74 bits per heavy atom. The van der Waals surface area contributed by atoms with Crippen molar-refractivity contribution in [1.29, 1.82) is 0 Å². The number of aromatic nitrogens is 2. The molecule has 1 fully saturated rings. The fourth-order valence-electron chi connectivity index (χ4n) is 4.34. The number of hydrogen-bond acceptors (Lipinski definition) is 5. The highest BCUT2D eigenvalue weighted by Gasteiger charge is 2.33. The maximum Gasteiger partial charge on any atom is 0.214 e. The Hall–Kier alpha value is -3.09. The van der Waals surface area contributed by atoms with Gasteiger partial charge in [-0.3, -0.25) is 0 Å². The Labute approximate surface area is 182 Å². The summed E-state index contributed by atoms with van der Waals surface area (Å²) in [5.74, 6) is 1.02. The second-order valence-electron chi connectivity index (χ2n) is 9.31. The number of nitrogens with zero attached hydrogens (tertiary/aromatic N) is 3. The number of halogens is 1. The van der Waals surface area contributed by atoms with E-state index in [2.05, 4.69) is 53.1 Å². The molecular weight excluding hydrogens is 393 g/mol. The first-order chi connectivity index (χ1) is 14.7. The number of piperidine rings is 1. The number of carbonyl (C=O) groups excluding carboxylic acids is 1. The number of para-hydroxylation sites is 1. The predicted octanol–water partition coefficient (Wildman–Crippen LogP) is 4.59. The topological polar surface area (TPSA) is 64.3 Å². The van der Waals surface area contributed by atoms with Gasteiger partial charge in [0.25, 0.3) is 0 Å². The van der Waals surface area contributed by atoms with Crippen LogP contribution in [-0.4, -0.2) is 47.5 Å². The van der Waals surface area contributed by atoms with E-state index in [9.17, 15) is 9.18 Å². The Kier molecular flexibility index (Phi) is 5.60. The van der Waals surface area contributed by atoms with Gasteiger partial charge in [0.15, 0.2) is 5.82 Å². The molecule has 164 valence electrons. The maximum atomic E-state index is 14.0. The smallest absolute Gasteiger partial charge is 0.214 e. The summed E-state index contributed by atoms with van der Waals surface area (Å²) in [6, 6.07) is 13.1. The molecule has 0 radical (unpaired) electrons. The summed E-state index contributed by atoms with van der Waals surface area (Å²) in [6.45, 7) is 6.90. The Morgan fingerprint density at radius 2 is 2.03 bits per heavy atom. The van der Waals surface area contributed by atoms with Gasteiger partial charge in [0.05, 0.1) is 11.7 Å². The lowest BCUT2D eigenvalue weighted by atomic mass is 9.96. The minimum Gasteiger partial charge on any atom is -0.377 e. The number of aldehydes is 1. The molecule has 3 heterocycles. The van der Waals surface area contributed by atoms with Crippen molar-refractivity contribution in [2.45, 2.75) is 51.2 Å². The van der Waals surface area contributed by atoms with Gasteiger partial charge < -0.3 is 24.9 Å². The minimum absolute atomic E-state index is 0.0747. The number of rotatable bonds is 5. The molecule has 1 saturated heterocycles. The van der Waals surface area contributed by atoms with Gasteiger partial charge in [0, 0.05) is 36.1 Å². The predicted molar refractivity (Wildman–Crippen MR) is 124 cm³/mol. The van der Waals surface area contributed by atoms with Gasteiger partial charge in [0.2, 0.25) is 5.95 Å². The molecule has 2 unspecified atom stereocenters. The molecule has 2 aromatic heterocycles. The average Bonchev–Trinajstić information content (AvgIpc) is 3.17. The van der Waals surface area contributed by atoms with Crippen molar-refractivity contribution < 1.29 is 9.18 Å². The molecule has 0 spiro atoms. The van der Waals surface area contributed by atoms with Gasteiger partial charge in [-0.25, -0.2) is 4.98 Å². The van der Waals surface area contributed by atoms with Crippen LogP contribution in [0.1, 0.15) is 33.6 Å². The van der Waals surface area contributed by atoms with Crippen LogP contribution >= 0.6 is 0 Å². The monoisotopic (exact) mass is 423 g/mol. The highest BCUT2D eigenvalue weighted by Crippen LogP contribution is 2.33. The quantitative estimate of drug-likeness (QED) is 0.464. The zero-order chi connectivity index (χ0) is 22.2. The van der Waals surface area contributed by atoms with Crippen LogP contribution in [0.3, 0.4) is 0 Å². The number of hydrogen-bond donors (Lipinski definition) is 2. The summed E-state index contributed by atoms with van der Waals surface area (Å²) in [5, 5.41) is 4.54. The first-order valence-electron chi connectivity index (χ1n) is 10.7. The SMILES string of the molecule is CN(c1nc(F)ccc1NC(C)(C)C)C1CCN(c2cc3ccccc3[nH]2)C(C=O)C1. The summed E-state index contributed by atoms with van der Waals surface area (Å²) in [4.78, 5) is 23.8. The fraction of sp³-hybridized carbons (Fsp3) is 0.417. The van der Waals surface area contributed by atoms with E-state index in [1.165, 1.54) is 6.07 Å². The average molecular weight is 424 g/mol. The van der Waals surface area contributed by atoms with E-state index >= 15 is 0 Å². The Bertz CT molecular complexity index is 1040. The molecule has 7 heteroatoms. The number of H-pyrrole nitrogens is 1. The van der Waals surface area contributed by atoms with Crippen molar-refractivity contribution >= 4 is 34.5 Å². The van der Waals surface area contributed by atoms with E-state index in [1.54, 1.807) is 6.07 Å². The van der Waals surface area contributed by atoms with Crippen LogP contribution in [0.25, 0.3) is 10.9 Å². The molecule has 0 amide bonds. The van der Waals surface area contributed by atoms with E-state index in [-0.39, 0.29) is 17.6 Å². The molecule has 31 heavy (non-hydrogen) atoms. The molecule has 0 bridgehead atoms. The Balaban J connectivity index is 1.56. The summed E-state index contributed by atoms with van der Waals surface area (Å²) >= 11 is 0. The first-order valence-corrected chi connectivity index (χ1v) is 10.7. The minimum atomic E-state index is -0.510. The van der Waals surface area contributed by atoms with Crippen LogP contribution in [0.2, 0.25) is 0 Å². The van der Waals surface area contributed by atoms with Crippen LogP contribution in [-0.2, 0) is 4.79 Å². The molecule has 0 aliphatic carbocycles. The molecule has 1 aliphatic rings. The van der Waals surface area contributed by atoms with Crippen LogP contribution in [0.15, 0.2) is 42.5 Å². The zero-order valence-electron chi connectivity index (χ0n) is 18.5. The second kappa shape index (κ2) is 8.21. The Morgan fingerprint density at radius 1 is 1.26 bits per heavy atom. The molecule has 3 aromatic rings. The largest absolute Gasteiger partial charge is 0.377 e. The van der Waals surface area contributed by atoms with Crippen LogP contribution < -0.4 is 15.1 Å². The summed E-state index contributed by atoms with van der Waals surface area (Å²) < 4.78 is 14.0. The van der Waals surface area contributed by atoms with Gasteiger partial charge in [0.1, 0.15) is 12.1 Å². The van der Waals surface area contributed by atoms with E-state index < -0.39 is 5.95 Å². The number of pyridine rings is 1. The third-order valence-corrected chi connectivity index (χ3v) is 5.83. The number of fused-ring (bicyclic) bond motifs is 1. The van der Waals surface area contributed by atoms with E-state index in [1.807, 2.05) is 30.1 Å². The molecule has 2 atom stereocenters. The van der Waals surface area contributed by atoms with Crippen molar-refractivity contribution in [3.05, 3.63) is 48.4 Å². The highest BCUT2D eigenvalue weighted by atomic mass is 19.1. The van der Waals surface area contributed by atoms with Crippen molar-refractivity contribution in [1.82, 2.24) is 9.97 Å². The lowest BCUT2D eigenvalue weighted by molar-refractivity contribution is -0.109. The van der Waals surface area contributed by atoms with Gasteiger partial charge in [-0.1, -0.05) is 18.2 Å². The van der Waals surface area contributed by atoms with Gasteiger partial charge in [-0.2, -0.15) is 4.39 Å². The second-order valence-corrected chi connectivity index (χ2v) is 9.31. The van der Waals surface area contributed by atoms with Crippen molar-refractivity contribution in [3.63, 3.8) is 0 Å². The normalized spacial score (nSPS) is 19.5. The van der Waals surface area contributed by atoms with Crippen LogP contribution in [0.4, 0.5) is 21.7 Å². The van der Waals surface area contributed by atoms with E-state index in [0.717, 1.165) is 41.7 Å². The molecule has 4 rings (SSSR count). The third-order valence-electron chi connectivity index (χ3n) is 5.83. The lowest BCUT2D eigenvalue weighted by Crippen LogP contribution is -2.50. The standard InChI is InChI=1S/C24H30FN5O/c1-24(2,3)28-20-9-10-21(25)27-23(20)29(4)17-11-12-30(18(14-17)15-31)22-13-16-7-5-6-8-19(16)26-22/h5-10,13,15,17-18,26,28H,11-12,14H2,1-4H3. The first kappa shape index (κ1) is 21.2. The summed E-state index contributed by atoms with van der Waals surface area (Å²) in [5.41, 5.74) is 1.67. The van der Waals surface area contributed by atoms with E-state index in [0.29, 0.717) is 12.2 Å². The van der Waals surface area contributed by atoms with Gasteiger partial charge in [-0.05, 0) is 57.9 Å². The molecule has 1 aromatic carbocycles. The summed E-state index contributed by atoms with van der Waals surface area (Å²) in [6.07, 6.45) is 2.49. The molecule has 0 saturated carbocycles. The van der Waals surface area contributed by atoms with Crippen molar-refractivity contribution in [2.75, 3.05) is 28.7 Å². The number of anilines is 3. The third kappa shape index (κ3) is 4.50. The zero-order valence-corrected chi connectivity index (χ0v) is 18.5. The van der Waals surface area contributed by atoms with Crippen LogP contribution in [0.5, 0.6) is 0 Å². The number of benzene rings is 1. The molecule has 1 aliphatic heterocycles. The molecular formula is C24H30FN5O.